The second kappa shape index (κ2) is 9.19. The molecule has 2 heterocycles. The van der Waals surface area contributed by atoms with Crippen molar-refractivity contribution < 1.29 is 19.1 Å². The highest BCUT2D eigenvalue weighted by molar-refractivity contribution is 5.98. The average molecular weight is 415 g/mol. The summed E-state index contributed by atoms with van der Waals surface area (Å²) in [4.78, 5) is 42.0. The number of methoxy groups -OCH3 is 1. The summed E-state index contributed by atoms with van der Waals surface area (Å²) in [7, 11) is 1.61. The number of Topliss-reactive ketones (excluding diaryl/α,β-unsaturated/α-hetero) is 1. The van der Waals surface area contributed by atoms with E-state index in [0.717, 1.165) is 18.6 Å². The van der Waals surface area contributed by atoms with Gasteiger partial charge in [0.1, 0.15) is 5.75 Å². The van der Waals surface area contributed by atoms with Crippen LogP contribution in [0.3, 0.4) is 0 Å². The molecular formula is C24H34N2O4. The zero-order valence-corrected chi connectivity index (χ0v) is 18.6. The Balaban J connectivity index is 1.48. The van der Waals surface area contributed by atoms with Crippen LogP contribution in [0.2, 0.25) is 0 Å². The minimum Gasteiger partial charge on any atom is -0.497 e. The van der Waals surface area contributed by atoms with Crippen molar-refractivity contribution in [3.8, 4) is 5.75 Å². The summed E-state index contributed by atoms with van der Waals surface area (Å²) in [6.45, 7) is 8.37. The molecule has 1 aromatic carbocycles. The van der Waals surface area contributed by atoms with Crippen molar-refractivity contribution in [2.45, 2.75) is 46.5 Å². The molecule has 0 atom stereocenters. The Morgan fingerprint density at radius 3 is 1.83 bits per heavy atom. The van der Waals surface area contributed by atoms with Crippen LogP contribution in [0, 0.1) is 17.3 Å². The lowest BCUT2D eigenvalue weighted by Crippen LogP contribution is -2.49. The van der Waals surface area contributed by atoms with Gasteiger partial charge in [-0.05, 0) is 49.9 Å². The van der Waals surface area contributed by atoms with E-state index in [-0.39, 0.29) is 34.8 Å². The van der Waals surface area contributed by atoms with E-state index >= 15 is 0 Å². The van der Waals surface area contributed by atoms with Gasteiger partial charge in [-0.1, -0.05) is 20.8 Å². The van der Waals surface area contributed by atoms with Crippen molar-refractivity contribution in [2.24, 2.45) is 17.3 Å². The number of ketones is 1. The third kappa shape index (κ3) is 5.02. The van der Waals surface area contributed by atoms with Crippen LogP contribution in [-0.2, 0) is 9.59 Å². The van der Waals surface area contributed by atoms with Gasteiger partial charge in [-0.2, -0.15) is 0 Å². The Kier molecular flexibility index (Phi) is 6.84. The van der Waals surface area contributed by atoms with Crippen LogP contribution in [0.25, 0.3) is 0 Å². The molecule has 2 fully saturated rings. The van der Waals surface area contributed by atoms with E-state index in [1.807, 2.05) is 54.8 Å². The quantitative estimate of drug-likeness (QED) is 0.708. The van der Waals surface area contributed by atoms with E-state index in [1.165, 1.54) is 0 Å². The zero-order valence-electron chi connectivity index (χ0n) is 18.6. The summed E-state index contributed by atoms with van der Waals surface area (Å²) in [6, 6.07) is 7.24. The largest absolute Gasteiger partial charge is 0.497 e. The molecule has 30 heavy (non-hydrogen) atoms. The van der Waals surface area contributed by atoms with Crippen LogP contribution in [0.1, 0.15) is 56.8 Å². The number of hydrogen-bond donors (Lipinski definition) is 0. The number of piperidine rings is 2. The second-order valence-corrected chi connectivity index (χ2v) is 9.51. The Morgan fingerprint density at radius 1 is 0.833 bits per heavy atom. The maximum Gasteiger partial charge on any atom is 0.227 e. The Morgan fingerprint density at radius 2 is 1.33 bits per heavy atom. The van der Waals surface area contributed by atoms with Crippen molar-refractivity contribution in [1.82, 2.24) is 9.80 Å². The lowest BCUT2D eigenvalue weighted by Gasteiger charge is -2.38. The smallest absolute Gasteiger partial charge is 0.227 e. The first-order chi connectivity index (χ1) is 14.2. The second-order valence-electron chi connectivity index (χ2n) is 9.51. The maximum atomic E-state index is 13.0. The molecule has 3 rings (SSSR count). The van der Waals surface area contributed by atoms with E-state index in [1.54, 1.807) is 7.11 Å². The van der Waals surface area contributed by atoms with Crippen molar-refractivity contribution in [3.05, 3.63) is 29.8 Å². The Hall–Kier alpha value is -2.37. The number of amides is 2. The molecule has 0 radical (unpaired) electrons. The fraction of sp³-hybridized carbons (Fsp3) is 0.625. The zero-order chi connectivity index (χ0) is 21.9. The fourth-order valence-electron chi connectivity index (χ4n) is 4.42. The molecule has 0 N–H and O–H groups in total. The van der Waals surface area contributed by atoms with E-state index < -0.39 is 0 Å². The lowest BCUT2D eigenvalue weighted by atomic mass is 9.87. The van der Waals surface area contributed by atoms with E-state index in [4.69, 9.17) is 4.74 Å². The number of nitrogens with zero attached hydrogens (tertiary/aromatic N) is 2. The van der Waals surface area contributed by atoms with Crippen molar-refractivity contribution >= 4 is 17.6 Å². The van der Waals surface area contributed by atoms with Crippen LogP contribution in [0.15, 0.2) is 24.3 Å². The van der Waals surface area contributed by atoms with Crippen molar-refractivity contribution in [1.29, 1.82) is 0 Å². The van der Waals surface area contributed by atoms with E-state index in [0.29, 0.717) is 44.6 Å². The van der Waals surface area contributed by atoms with Crippen LogP contribution in [0.5, 0.6) is 5.75 Å². The summed E-state index contributed by atoms with van der Waals surface area (Å²) < 4.78 is 5.15. The molecule has 0 unspecified atom stereocenters. The highest BCUT2D eigenvalue weighted by Gasteiger charge is 2.35. The van der Waals surface area contributed by atoms with Gasteiger partial charge >= 0.3 is 0 Å². The SMILES string of the molecule is COc1ccc(C(=O)C2CCN(C(=O)C3CCN(C(=O)C(C)(C)C)CC3)CC2)cc1. The predicted molar refractivity (Wildman–Crippen MR) is 115 cm³/mol. The highest BCUT2D eigenvalue weighted by Crippen LogP contribution is 2.28. The number of likely N-dealkylation sites (tertiary alicyclic amines) is 2. The molecule has 6 nitrogen and oxygen atoms in total. The molecule has 1 aromatic rings. The average Bonchev–Trinajstić information content (AvgIpc) is 2.77. The van der Waals surface area contributed by atoms with Gasteiger partial charge in [0, 0.05) is 49.0 Å². The molecule has 0 aromatic heterocycles. The molecule has 0 bridgehead atoms. The Labute approximate surface area is 179 Å². The maximum absolute atomic E-state index is 13.0. The number of carbonyl (C=O) groups excluding carboxylic acids is 3. The van der Waals surface area contributed by atoms with Crippen LogP contribution >= 0.6 is 0 Å². The van der Waals surface area contributed by atoms with Gasteiger partial charge in [0.25, 0.3) is 0 Å². The fourth-order valence-corrected chi connectivity index (χ4v) is 4.42. The summed E-state index contributed by atoms with van der Waals surface area (Å²) >= 11 is 0. The van der Waals surface area contributed by atoms with Gasteiger partial charge in [0.15, 0.2) is 5.78 Å². The van der Waals surface area contributed by atoms with Gasteiger partial charge < -0.3 is 14.5 Å². The van der Waals surface area contributed by atoms with Crippen LogP contribution in [0.4, 0.5) is 0 Å². The molecule has 2 aliphatic heterocycles. The lowest BCUT2D eigenvalue weighted by molar-refractivity contribution is -0.145. The standard InChI is InChI=1S/C24H34N2O4/c1-24(2,3)23(29)26-15-11-19(12-16-26)22(28)25-13-9-18(10-14-25)21(27)17-5-7-20(30-4)8-6-17/h5-8,18-19H,9-16H2,1-4H3. The van der Waals surface area contributed by atoms with Crippen LogP contribution in [-0.4, -0.2) is 60.7 Å². The van der Waals surface area contributed by atoms with Crippen LogP contribution < -0.4 is 4.74 Å². The van der Waals surface area contributed by atoms with Gasteiger partial charge in [0.2, 0.25) is 11.8 Å². The van der Waals surface area contributed by atoms with Gasteiger partial charge in [0.05, 0.1) is 7.11 Å². The Bertz CT molecular complexity index is 765. The minimum absolute atomic E-state index is 0.0112. The number of benzene rings is 1. The molecule has 0 aliphatic carbocycles. The molecule has 2 saturated heterocycles. The normalized spacial score (nSPS) is 18.9. The summed E-state index contributed by atoms with van der Waals surface area (Å²) in [5.41, 5.74) is 0.325. The van der Waals surface area contributed by atoms with Gasteiger partial charge in [-0.25, -0.2) is 0 Å². The minimum atomic E-state index is -0.380. The van der Waals surface area contributed by atoms with Crippen molar-refractivity contribution in [2.75, 3.05) is 33.3 Å². The summed E-state index contributed by atoms with van der Waals surface area (Å²) in [5.74, 6) is 1.19. The molecular weight excluding hydrogens is 380 g/mol. The van der Waals surface area contributed by atoms with E-state index in [9.17, 15) is 14.4 Å². The van der Waals surface area contributed by atoms with Crippen molar-refractivity contribution in [3.63, 3.8) is 0 Å². The number of ether oxygens (including phenoxy) is 1. The number of carbonyl (C=O) groups is 3. The first kappa shape index (κ1) is 22.3. The third-order valence-corrected chi connectivity index (χ3v) is 6.32. The first-order valence-electron chi connectivity index (χ1n) is 11.0. The topological polar surface area (TPSA) is 66.9 Å². The number of hydrogen-bond acceptors (Lipinski definition) is 4. The molecule has 164 valence electrons. The predicted octanol–water partition coefficient (Wildman–Crippen LogP) is 3.40. The molecule has 0 spiro atoms. The van der Waals surface area contributed by atoms with Gasteiger partial charge in [-0.15, -0.1) is 0 Å². The molecule has 2 aliphatic rings. The molecule has 2 amide bonds. The summed E-state index contributed by atoms with van der Waals surface area (Å²) in [5, 5.41) is 0. The molecule has 6 heteroatoms. The first-order valence-corrected chi connectivity index (χ1v) is 11.0. The number of rotatable bonds is 4. The van der Waals surface area contributed by atoms with Gasteiger partial charge in [-0.3, -0.25) is 14.4 Å². The third-order valence-electron chi connectivity index (χ3n) is 6.32. The monoisotopic (exact) mass is 414 g/mol. The van der Waals surface area contributed by atoms with E-state index in [2.05, 4.69) is 0 Å². The summed E-state index contributed by atoms with van der Waals surface area (Å²) in [6.07, 6.45) is 2.87. The highest BCUT2D eigenvalue weighted by atomic mass is 16.5. The molecule has 0 saturated carbocycles.